The van der Waals surface area contributed by atoms with E-state index in [1.165, 1.54) is 0 Å². The Morgan fingerprint density at radius 2 is 0.770 bits per heavy atom. The summed E-state index contributed by atoms with van der Waals surface area (Å²) in [5, 5.41) is 10.7. The van der Waals surface area contributed by atoms with Crippen molar-refractivity contribution in [3.8, 4) is 0 Å². The molecule has 0 aliphatic heterocycles. The summed E-state index contributed by atoms with van der Waals surface area (Å²) in [4.78, 5) is 35.3. The Labute approximate surface area is 367 Å². The van der Waals surface area contributed by atoms with Crippen molar-refractivity contribution in [2.75, 3.05) is 39.3 Å². The summed E-state index contributed by atoms with van der Waals surface area (Å²) in [5.41, 5.74) is 61.9. The molecule has 354 valence electrons. The molecule has 0 rings (SSSR count). The van der Waals surface area contributed by atoms with Gasteiger partial charge in [0.2, 0.25) is 0 Å². The second kappa shape index (κ2) is 33.0. The Balaban J connectivity index is 6.89. The van der Waals surface area contributed by atoms with Crippen molar-refractivity contribution in [2.24, 2.45) is 129 Å². The van der Waals surface area contributed by atoms with Gasteiger partial charge in [-0.3, -0.25) is 35.2 Å². The molecule has 19 heteroatoms. The maximum Gasteiger partial charge on any atom is 0.185 e. The van der Waals surface area contributed by atoms with Crippen LogP contribution in [-0.4, -0.2) is 80.8 Å². The summed E-state index contributed by atoms with van der Waals surface area (Å²) in [6, 6.07) is 0. The normalized spacial score (nSPS) is 14.3. The van der Waals surface area contributed by atoms with Gasteiger partial charge in [-0.25, -0.2) is 0 Å². The van der Waals surface area contributed by atoms with Gasteiger partial charge in [-0.05, 0) is 139 Å². The van der Waals surface area contributed by atoms with Gasteiger partial charge in [0, 0.05) is 50.6 Å². The lowest BCUT2D eigenvalue weighted by Crippen LogP contribution is -2.31. The Kier molecular flexibility index (Phi) is 30.4. The number of carbonyl (C=O) groups is 1. The first-order chi connectivity index (χ1) is 28.7. The summed E-state index contributed by atoms with van der Waals surface area (Å²) in [6.07, 6.45) is 16.4. The number of ketones is 1. The smallest absolute Gasteiger partial charge is 0.185 e. The zero-order valence-corrected chi connectivity index (χ0v) is 38.4. The molecular formula is C42H90N18O. The zero-order valence-electron chi connectivity index (χ0n) is 38.4. The van der Waals surface area contributed by atoms with Gasteiger partial charge in [-0.15, -0.1) is 0 Å². The predicted molar refractivity (Wildman–Crippen MR) is 257 cm³/mol. The van der Waals surface area contributed by atoms with Crippen molar-refractivity contribution >= 4 is 41.5 Å². The lowest BCUT2D eigenvalue weighted by molar-refractivity contribution is -0.131. The van der Waals surface area contributed by atoms with Gasteiger partial charge in [0.25, 0.3) is 0 Å². The van der Waals surface area contributed by atoms with Crippen LogP contribution < -0.4 is 68.4 Å². The number of nitrogens with zero attached hydrogens (tertiary/aromatic N) is 5. The fourth-order valence-electron chi connectivity index (χ4n) is 8.58. The molecule has 19 nitrogen and oxygen atoms in total. The van der Waals surface area contributed by atoms with E-state index in [0.717, 1.165) is 103 Å². The highest BCUT2D eigenvalue weighted by atomic mass is 16.1. The first kappa shape index (κ1) is 56.3. The molecule has 6 atom stereocenters. The molecule has 0 aliphatic carbocycles. The number of Topliss-reactive ketones (excluding diaryl/α,β-unsaturated/α-hetero) is 1. The van der Waals surface area contributed by atoms with Crippen LogP contribution >= 0.6 is 0 Å². The van der Waals surface area contributed by atoms with Gasteiger partial charge in [0.05, 0.1) is 0 Å². The van der Waals surface area contributed by atoms with E-state index in [4.69, 9.17) is 68.5 Å². The van der Waals surface area contributed by atoms with Gasteiger partial charge in [-0.1, -0.05) is 34.1 Å². The van der Waals surface area contributed by atoms with Gasteiger partial charge >= 0.3 is 0 Å². The number of guanidine groups is 6. The molecule has 0 heterocycles. The van der Waals surface area contributed by atoms with Crippen LogP contribution in [0.3, 0.4) is 0 Å². The molecule has 0 aromatic heterocycles. The lowest BCUT2D eigenvalue weighted by Gasteiger charge is -2.33. The molecule has 0 amide bonds. The molecule has 24 N–H and O–H groups in total. The molecule has 0 saturated heterocycles. The van der Waals surface area contributed by atoms with Crippen molar-refractivity contribution in [3.05, 3.63) is 0 Å². The van der Waals surface area contributed by atoms with Crippen LogP contribution in [0.15, 0.2) is 25.0 Å². The number of rotatable bonds is 36. The third kappa shape index (κ3) is 32.7. The Morgan fingerprint density at radius 1 is 0.475 bits per heavy atom. The Bertz CT molecular complexity index is 1340. The molecule has 0 saturated carbocycles. The minimum atomic E-state index is -0.500. The molecule has 0 bridgehead atoms. The molecule has 0 radical (unpaired) electrons. The third-order valence-electron chi connectivity index (χ3n) is 11.3. The standard InChI is InChI=1S/C42H90N18O/c1-5-29(12-6-18-55-36(43)44)24-30(13-7-19-56-37(45)46)25-31(14-8-20-57-38(47)48)26-32(15-9-21-58-39(49)50)27-33(16-10-22-59-40(51)52)28-34(35(61)42(2,3)4)17-11-23-60-41(53)54/h29-34H,5-28H2,1-4H3,(H4,43,44,55)(H4,45,46,56)(H4,47,48,57)(H4,49,50,58)(H4,51,52,59)(H4,53,54,60). The minimum Gasteiger partial charge on any atom is -0.370 e. The van der Waals surface area contributed by atoms with Crippen molar-refractivity contribution in [1.29, 1.82) is 5.41 Å². The van der Waals surface area contributed by atoms with Crippen molar-refractivity contribution in [1.82, 2.24) is 5.32 Å². The first-order valence-corrected chi connectivity index (χ1v) is 22.6. The molecular weight excluding hydrogens is 773 g/mol. The summed E-state index contributed by atoms with van der Waals surface area (Å²) < 4.78 is 0. The van der Waals surface area contributed by atoms with Crippen LogP contribution in [0.25, 0.3) is 0 Å². The molecule has 61 heavy (non-hydrogen) atoms. The van der Waals surface area contributed by atoms with Crippen LogP contribution in [0, 0.1) is 46.3 Å². The molecule has 0 fully saturated rings. The van der Waals surface area contributed by atoms with Gasteiger partial charge in [0.1, 0.15) is 5.78 Å². The van der Waals surface area contributed by atoms with E-state index in [0.29, 0.717) is 75.8 Å². The first-order valence-electron chi connectivity index (χ1n) is 22.6. The minimum absolute atomic E-state index is 0.0167. The molecule has 0 aromatic rings. The van der Waals surface area contributed by atoms with Gasteiger partial charge in [0.15, 0.2) is 35.8 Å². The number of carbonyl (C=O) groups excluding carboxylic acids is 1. The molecule has 0 aliphatic rings. The van der Waals surface area contributed by atoms with Gasteiger partial charge in [-0.2, -0.15) is 0 Å². The zero-order chi connectivity index (χ0) is 46.2. The number of nitrogens with two attached hydrogens (primary N) is 11. The highest BCUT2D eigenvalue weighted by molar-refractivity contribution is 5.86. The van der Waals surface area contributed by atoms with Crippen molar-refractivity contribution < 1.29 is 4.79 Å². The summed E-state index contributed by atoms with van der Waals surface area (Å²) in [7, 11) is 0. The van der Waals surface area contributed by atoms with Crippen LogP contribution in [0.1, 0.15) is 143 Å². The van der Waals surface area contributed by atoms with E-state index >= 15 is 0 Å². The van der Waals surface area contributed by atoms with Crippen LogP contribution in [0.2, 0.25) is 0 Å². The number of aliphatic imine (C=N–C) groups is 5. The Hall–Kier alpha value is -4.71. The molecule has 6 unspecified atom stereocenters. The number of nitrogens with one attached hydrogen (secondary N) is 2. The Morgan fingerprint density at radius 3 is 1.08 bits per heavy atom. The average Bonchev–Trinajstić information content (AvgIpc) is 3.15. The van der Waals surface area contributed by atoms with E-state index in [-0.39, 0.29) is 53.4 Å². The molecule has 0 spiro atoms. The van der Waals surface area contributed by atoms with Crippen molar-refractivity contribution in [3.63, 3.8) is 0 Å². The van der Waals surface area contributed by atoms with E-state index in [2.05, 4.69) is 37.2 Å². The van der Waals surface area contributed by atoms with E-state index in [1.807, 2.05) is 20.8 Å². The monoisotopic (exact) mass is 863 g/mol. The van der Waals surface area contributed by atoms with Crippen LogP contribution in [-0.2, 0) is 4.79 Å². The van der Waals surface area contributed by atoms with Crippen LogP contribution in [0.5, 0.6) is 0 Å². The van der Waals surface area contributed by atoms with Crippen molar-refractivity contribution in [2.45, 2.75) is 143 Å². The summed E-state index contributed by atoms with van der Waals surface area (Å²) in [5.74, 6) is 2.46. The SMILES string of the molecule is CCC(CCCN=C(N)N)CC(CCCNC(=N)N)CC(CCCN=C(N)N)CC(CCCN=C(N)N)CC(CCCN=C(N)N)CC(CCCN=C(N)N)C(=O)C(C)(C)C. The quantitative estimate of drug-likeness (QED) is 0.0244. The lowest BCUT2D eigenvalue weighted by atomic mass is 9.72. The van der Waals surface area contributed by atoms with E-state index in [1.54, 1.807) is 0 Å². The maximum absolute atomic E-state index is 14.0. The fraction of sp³-hybridized carbons (Fsp3) is 0.833. The highest BCUT2D eigenvalue weighted by Gasteiger charge is 2.32. The number of hydrogen-bond acceptors (Lipinski definition) is 7. The summed E-state index contributed by atoms with van der Waals surface area (Å²) in [6.45, 7) is 11.6. The summed E-state index contributed by atoms with van der Waals surface area (Å²) >= 11 is 0. The fourth-order valence-corrected chi connectivity index (χ4v) is 8.58. The molecule has 0 aromatic carbocycles. The average molecular weight is 863 g/mol. The second-order valence-corrected chi connectivity index (χ2v) is 18.0. The van der Waals surface area contributed by atoms with E-state index in [9.17, 15) is 4.79 Å². The largest absolute Gasteiger partial charge is 0.370 e. The number of hydrogen-bond donors (Lipinski definition) is 13. The third-order valence-corrected chi connectivity index (χ3v) is 11.3. The predicted octanol–water partition coefficient (Wildman–Crippen LogP) is 2.19. The van der Waals surface area contributed by atoms with Crippen LogP contribution in [0.4, 0.5) is 0 Å². The van der Waals surface area contributed by atoms with E-state index < -0.39 is 5.41 Å². The topological polar surface area (TPSA) is 401 Å². The highest BCUT2D eigenvalue weighted by Crippen LogP contribution is 2.38. The van der Waals surface area contributed by atoms with Gasteiger partial charge < -0.3 is 68.4 Å². The second-order valence-electron chi connectivity index (χ2n) is 18.0. The maximum atomic E-state index is 14.0.